The Balaban J connectivity index is 2.10. The van der Waals surface area contributed by atoms with Crippen molar-refractivity contribution in [2.24, 2.45) is 0 Å². The van der Waals surface area contributed by atoms with Gasteiger partial charge in [0.25, 0.3) is 0 Å². The zero-order chi connectivity index (χ0) is 20.1. The molecule has 7 nitrogen and oxygen atoms in total. The lowest BCUT2D eigenvalue weighted by molar-refractivity contribution is -0.113. The number of methoxy groups -OCH3 is 1. The molecule has 2 rings (SSSR count). The van der Waals surface area contributed by atoms with Crippen molar-refractivity contribution in [1.82, 2.24) is 14.8 Å². The van der Waals surface area contributed by atoms with E-state index in [4.69, 9.17) is 4.74 Å². The van der Waals surface area contributed by atoms with Crippen LogP contribution in [0.15, 0.2) is 11.2 Å². The fourth-order valence-electron chi connectivity index (χ4n) is 2.53. The molecule has 0 saturated heterocycles. The van der Waals surface area contributed by atoms with Crippen LogP contribution in [0.3, 0.4) is 0 Å². The molecule has 9 heteroatoms. The molecule has 0 aromatic carbocycles. The maximum Gasteiger partial charge on any atom is 0.340 e. The quantitative estimate of drug-likeness (QED) is 0.520. The van der Waals surface area contributed by atoms with Gasteiger partial charge in [0, 0.05) is 16.8 Å². The topological polar surface area (TPSA) is 86.1 Å². The second kappa shape index (κ2) is 9.36. The van der Waals surface area contributed by atoms with Crippen LogP contribution in [0.25, 0.3) is 0 Å². The number of carbonyl (C=O) groups is 2. The molecule has 2 aromatic heterocycles. The van der Waals surface area contributed by atoms with Crippen molar-refractivity contribution < 1.29 is 14.3 Å². The van der Waals surface area contributed by atoms with Crippen LogP contribution in [0, 0.1) is 0 Å². The molecule has 0 radical (unpaired) electrons. The van der Waals surface area contributed by atoms with Gasteiger partial charge in [0.1, 0.15) is 10.8 Å². The number of ether oxygens (including phenoxy) is 1. The van der Waals surface area contributed by atoms with E-state index in [-0.39, 0.29) is 23.6 Å². The Morgan fingerprint density at radius 1 is 1.30 bits per heavy atom. The van der Waals surface area contributed by atoms with Gasteiger partial charge in [-0.15, -0.1) is 21.5 Å². The van der Waals surface area contributed by atoms with E-state index in [1.54, 1.807) is 6.07 Å². The Morgan fingerprint density at radius 3 is 2.56 bits per heavy atom. The first-order valence-corrected chi connectivity index (χ1v) is 10.7. The van der Waals surface area contributed by atoms with Crippen LogP contribution >= 0.6 is 23.1 Å². The number of hydrogen-bond donors (Lipinski definition) is 1. The van der Waals surface area contributed by atoms with Crippen molar-refractivity contribution in [2.45, 2.75) is 58.2 Å². The van der Waals surface area contributed by atoms with Gasteiger partial charge < -0.3 is 14.6 Å². The summed E-state index contributed by atoms with van der Waals surface area (Å²) in [5, 5.41) is 12.6. The number of hydrogen-bond acceptors (Lipinski definition) is 7. The summed E-state index contributed by atoms with van der Waals surface area (Å²) in [5.74, 6) is 0.702. The van der Waals surface area contributed by atoms with Crippen LogP contribution in [-0.2, 0) is 16.0 Å². The molecule has 0 atom stereocenters. The Hall–Kier alpha value is -1.87. The number of amides is 1. The van der Waals surface area contributed by atoms with E-state index in [2.05, 4.69) is 47.8 Å². The van der Waals surface area contributed by atoms with Crippen molar-refractivity contribution in [3.05, 3.63) is 22.3 Å². The minimum atomic E-state index is -0.449. The van der Waals surface area contributed by atoms with Gasteiger partial charge in [-0.2, -0.15) is 0 Å². The number of thiophene rings is 1. The fourth-order valence-corrected chi connectivity index (χ4v) is 4.40. The number of nitrogens with zero attached hydrogens (tertiary/aromatic N) is 3. The number of anilines is 1. The Kier molecular flexibility index (Phi) is 7.43. The molecule has 0 fully saturated rings. The van der Waals surface area contributed by atoms with Gasteiger partial charge in [-0.25, -0.2) is 4.79 Å². The third-order valence-electron chi connectivity index (χ3n) is 3.85. The van der Waals surface area contributed by atoms with Crippen LogP contribution in [0.2, 0.25) is 0 Å². The van der Waals surface area contributed by atoms with Crippen LogP contribution in [0.5, 0.6) is 0 Å². The van der Waals surface area contributed by atoms with Crippen molar-refractivity contribution >= 4 is 40.0 Å². The predicted octanol–water partition coefficient (Wildman–Crippen LogP) is 4.12. The SMILES string of the molecule is CCc1cc(C(=O)OC)c(NC(=O)CSc2nnc(C(C)C)n2C(C)C)s1. The number of aromatic nitrogens is 3. The van der Waals surface area contributed by atoms with E-state index in [0.717, 1.165) is 22.3 Å². The number of thioether (sulfide) groups is 1. The molecule has 0 aliphatic carbocycles. The highest BCUT2D eigenvalue weighted by molar-refractivity contribution is 7.99. The van der Waals surface area contributed by atoms with Crippen molar-refractivity contribution in [3.63, 3.8) is 0 Å². The molecule has 27 heavy (non-hydrogen) atoms. The van der Waals surface area contributed by atoms with Crippen LogP contribution in [0.1, 0.15) is 67.6 Å². The molecule has 2 aromatic rings. The molecule has 0 saturated carbocycles. The second-order valence-corrected chi connectivity index (χ2v) is 8.68. The van der Waals surface area contributed by atoms with Crippen LogP contribution < -0.4 is 5.32 Å². The largest absolute Gasteiger partial charge is 0.465 e. The third-order valence-corrected chi connectivity index (χ3v) is 5.98. The standard InChI is InChI=1S/C18H26N4O3S2/c1-7-12-8-13(17(24)25-6)16(27-12)19-14(23)9-26-18-21-20-15(10(2)3)22(18)11(4)5/h8,10-11H,7,9H2,1-6H3,(H,19,23). The Labute approximate surface area is 167 Å². The van der Waals surface area contributed by atoms with E-state index < -0.39 is 5.97 Å². The summed E-state index contributed by atoms with van der Waals surface area (Å²) in [6, 6.07) is 1.97. The lowest BCUT2D eigenvalue weighted by Crippen LogP contribution is -2.16. The smallest absolute Gasteiger partial charge is 0.340 e. The highest BCUT2D eigenvalue weighted by Crippen LogP contribution is 2.30. The monoisotopic (exact) mass is 410 g/mol. The summed E-state index contributed by atoms with van der Waals surface area (Å²) >= 11 is 2.73. The molecular weight excluding hydrogens is 384 g/mol. The van der Waals surface area contributed by atoms with Gasteiger partial charge in [0.05, 0.1) is 18.4 Å². The van der Waals surface area contributed by atoms with E-state index in [1.807, 2.05) is 6.92 Å². The van der Waals surface area contributed by atoms with Crippen LogP contribution in [0.4, 0.5) is 5.00 Å². The normalized spacial score (nSPS) is 11.3. The maximum atomic E-state index is 12.4. The first-order chi connectivity index (χ1) is 12.8. The summed E-state index contributed by atoms with van der Waals surface area (Å²) < 4.78 is 6.86. The Bertz CT molecular complexity index is 812. The van der Waals surface area contributed by atoms with Gasteiger partial charge in [0.2, 0.25) is 5.91 Å². The summed E-state index contributed by atoms with van der Waals surface area (Å²) in [6.07, 6.45) is 0.786. The molecule has 0 aliphatic rings. The van der Waals surface area contributed by atoms with E-state index in [0.29, 0.717) is 10.6 Å². The number of aryl methyl sites for hydroxylation is 1. The summed E-state index contributed by atoms with van der Waals surface area (Å²) in [4.78, 5) is 25.4. The van der Waals surface area contributed by atoms with Gasteiger partial charge in [-0.3, -0.25) is 4.79 Å². The molecule has 2 heterocycles. The Morgan fingerprint density at radius 2 is 2.00 bits per heavy atom. The van der Waals surface area contributed by atoms with Crippen LogP contribution in [-0.4, -0.2) is 39.5 Å². The summed E-state index contributed by atoms with van der Waals surface area (Å²) in [5.41, 5.74) is 0.394. The maximum absolute atomic E-state index is 12.4. The van der Waals surface area contributed by atoms with Gasteiger partial charge in [0.15, 0.2) is 5.16 Å². The fraction of sp³-hybridized carbons (Fsp3) is 0.556. The van der Waals surface area contributed by atoms with Crippen molar-refractivity contribution in [2.75, 3.05) is 18.2 Å². The van der Waals surface area contributed by atoms with Gasteiger partial charge >= 0.3 is 5.97 Å². The lowest BCUT2D eigenvalue weighted by atomic mass is 10.2. The zero-order valence-corrected chi connectivity index (χ0v) is 18.2. The van der Waals surface area contributed by atoms with E-state index >= 15 is 0 Å². The number of nitrogens with one attached hydrogen (secondary N) is 1. The minimum Gasteiger partial charge on any atom is -0.465 e. The molecule has 1 N–H and O–H groups in total. The first kappa shape index (κ1) is 21.4. The molecule has 0 bridgehead atoms. The van der Waals surface area contributed by atoms with Gasteiger partial charge in [-0.05, 0) is 26.3 Å². The second-order valence-electron chi connectivity index (χ2n) is 6.60. The molecule has 148 valence electrons. The molecule has 0 aliphatic heterocycles. The third kappa shape index (κ3) is 5.10. The number of carbonyl (C=O) groups excluding carboxylic acids is 2. The minimum absolute atomic E-state index is 0.183. The molecule has 1 amide bonds. The predicted molar refractivity (Wildman–Crippen MR) is 109 cm³/mol. The van der Waals surface area contributed by atoms with Gasteiger partial charge in [-0.1, -0.05) is 32.5 Å². The van der Waals surface area contributed by atoms with Crippen molar-refractivity contribution in [1.29, 1.82) is 0 Å². The lowest BCUT2D eigenvalue weighted by Gasteiger charge is -2.15. The zero-order valence-electron chi connectivity index (χ0n) is 16.5. The number of rotatable bonds is 8. The van der Waals surface area contributed by atoms with E-state index in [1.165, 1.54) is 30.2 Å². The first-order valence-electron chi connectivity index (χ1n) is 8.86. The van der Waals surface area contributed by atoms with E-state index in [9.17, 15) is 9.59 Å². The van der Waals surface area contributed by atoms with Crippen molar-refractivity contribution in [3.8, 4) is 0 Å². The average molecular weight is 411 g/mol. The molecule has 0 spiro atoms. The number of esters is 1. The summed E-state index contributed by atoms with van der Waals surface area (Å²) in [6.45, 7) is 10.3. The highest BCUT2D eigenvalue weighted by atomic mass is 32.2. The average Bonchev–Trinajstić information content (AvgIpc) is 3.23. The molecular formula is C18H26N4O3S2. The molecule has 0 unspecified atom stereocenters. The summed E-state index contributed by atoms with van der Waals surface area (Å²) in [7, 11) is 1.33. The highest BCUT2D eigenvalue weighted by Gasteiger charge is 2.20.